The van der Waals surface area contributed by atoms with Crippen molar-refractivity contribution < 1.29 is 32.7 Å². The van der Waals surface area contributed by atoms with E-state index >= 15 is 0 Å². The van der Waals surface area contributed by atoms with Crippen molar-refractivity contribution in [3.63, 3.8) is 0 Å². The number of benzene rings is 3. The number of rotatable bonds is 17. The lowest BCUT2D eigenvalue weighted by Crippen LogP contribution is -2.39. The van der Waals surface area contributed by atoms with Gasteiger partial charge in [-0.2, -0.15) is 9.99 Å². The number of nitrogens with zero attached hydrogens (tertiary/aromatic N) is 3. The summed E-state index contributed by atoms with van der Waals surface area (Å²) in [5, 5.41) is 24.3. The first-order valence-electron chi connectivity index (χ1n) is 16.8. The van der Waals surface area contributed by atoms with Gasteiger partial charge in [0, 0.05) is 18.5 Å². The molecule has 12 heteroatoms. The van der Waals surface area contributed by atoms with E-state index in [4.69, 9.17) is 28.0 Å². The summed E-state index contributed by atoms with van der Waals surface area (Å²) in [6.07, 6.45) is 0.639. The molecule has 10 nitrogen and oxygen atoms in total. The third-order valence-corrected chi connectivity index (χ3v) is 11.7. The maximum absolute atomic E-state index is 12.8. The smallest absolute Gasteiger partial charge is 0.277 e. The zero-order valence-electron chi connectivity index (χ0n) is 29.4. The molecule has 50 heavy (non-hydrogen) atoms. The van der Waals surface area contributed by atoms with E-state index in [1.165, 1.54) is 17.5 Å². The van der Waals surface area contributed by atoms with Gasteiger partial charge in [-0.3, -0.25) is 0 Å². The lowest BCUT2D eigenvalue weighted by atomic mass is 9.80. The van der Waals surface area contributed by atoms with E-state index in [0.29, 0.717) is 11.4 Å². The molecule has 0 N–H and O–H groups in total. The average Bonchev–Trinajstić information content (AvgIpc) is 3.74. The molecule has 0 spiro atoms. The molecule has 0 amide bonds. The zero-order valence-corrected chi connectivity index (χ0v) is 31.1. The van der Waals surface area contributed by atoms with Crippen LogP contribution >= 0.6 is 19.9 Å². The van der Waals surface area contributed by atoms with Crippen LogP contribution in [0.5, 0.6) is 11.5 Å². The Morgan fingerprint density at radius 3 is 2.02 bits per heavy atom. The van der Waals surface area contributed by atoms with Gasteiger partial charge in [-0.15, -0.1) is 0 Å². The predicted octanol–water partition coefficient (Wildman–Crippen LogP) is 7.90. The zero-order chi connectivity index (χ0) is 35.7. The van der Waals surface area contributed by atoms with Crippen LogP contribution in [0, 0.1) is 16.5 Å². The highest BCUT2D eigenvalue weighted by Crippen LogP contribution is 2.51. The van der Waals surface area contributed by atoms with Crippen LogP contribution in [0.2, 0.25) is 0 Å². The number of methoxy groups -OCH3 is 2. The molecule has 1 fully saturated rings. The molecule has 5 rings (SSSR count). The Kier molecular flexibility index (Phi) is 13.2. The highest BCUT2D eigenvalue weighted by molar-refractivity contribution is 7.44. The first-order valence-corrected chi connectivity index (χ1v) is 18.8. The van der Waals surface area contributed by atoms with Gasteiger partial charge in [0.05, 0.1) is 51.4 Å². The number of thiazole rings is 1. The summed E-state index contributed by atoms with van der Waals surface area (Å²) >= 11 is 1.36. The highest BCUT2D eigenvalue weighted by Gasteiger charge is 2.46. The first-order chi connectivity index (χ1) is 24.2. The third-order valence-electron chi connectivity index (χ3n) is 8.60. The molecule has 1 saturated heterocycles. The molecule has 0 aliphatic carbocycles. The molecular weight excluding hydrogens is 673 g/mol. The van der Waals surface area contributed by atoms with Gasteiger partial charge >= 0.3 is 0 Å². The highest BCUT2D eigenvalue weighted by atomic mass is 32.1. The van der Waals surface area contributed by atoms with Gasteiger partial charge in [0.15, 0.2) is 12.3 Å². The van der Waals surface area contributed by atoms with Crippen LogP contribution in [0.1, 0.15) is 68.3 Å². The Bertz CT molecular complexity index is 1610. The second-order valence-electron chi connectivity index (χ2n) is 12.5. The summed E-state index contributed by atoms with van der Waals surface area (Å²) in [7, 11) is 1.71. The molecule has 4 aromatic rings. The number of nitriles is 1. The minimum Gasteiger partial charge on any atom is -0.618 e. The van der Waals surface area contributed by atoms with Crippen molar-refractivity contribution in [1.82, 2.24) is 4.67 Å². The van der Waals surface area contributed by atoms with Gasteiger partial charge in [0.1, 0.15) is 23.2 Å². The molecule has 1 aromatic heterocycles. The molecule has 266 valence electrons. The summed E-state index contributed by atoms with van der Waals surface area (Å²) in [6, 6.07) is 28.2. The first kappa shape index (κ1) is 37.7. The fourth-order valence-electron chi connectivity index (χ4n) is 6.32. The predicted molar refractivity (Wildman–Crippen MR) is 194 cm³/mol. The van der Waals surface area contributed by atoms with E-state index < -0.39 is 32.4 Å². The monoisotopic (exact) mass is 719 g/mol. The molecule has 0 bridgehead atoms. The molecule has 0 radical (unpaired) electrons. The van der Waals surface area contributed by atoms with Gasteiger partial charge in [0.25, 0.3) is 13.5 Å². The Balaban J connectivity index is 1.56. The van der Waals surface area contributed by atoms with Crippen molar-refractivity contribution in [3.8, 4) is 17.6 Å². The molecule has 3 aromatic carbocycles. The molecule has 4 atom stereocenters. The number of hydrogen-bond donors (Lipinski definition) is 0. The molecule has 1 aliphatic rings. The Labute approximate surface area is 300 Å². The van der Waals surface area contributed by atoms with Crippen LogP contribution in [-0.2, 0) is 24.1 Å². The summed E-state index contributed by atoms with van der Waals surface area (Å²) < 4.78 is 41.1. The van der Waals surface area contributed by atoms with Crippen LogP contribution in [0.25, 0.3) is 0 Å². The van der Waals surface area contributed by atoms with E-state index in [0.717, 1.165) is 32.9 Å². The Hall–Kier alpha value is -3.59. The standard InChI is InChI=1S/C38H46N3O7PS/c1-27(2)41(28(3)4)49(46-23-10-21-39)48-34-25-35(37-40(42)22-24-50-37)47-36(34)26-45-38(29-11-8-7-9-12-29,30-13-17-32(43-5)18-14-30)31-15-19-33(44-6)20-16-31/h7-9,11-20,22,24,27-28,34-36H,10,23,25-26H2,1-6H3/t34-,35+,36+,49?/m0/s1. The second-order valence-corrected chi connectivity index (χ2v) is 14.8. The molecular formula is C38H46N3O7PS. The molecule has 0 saturated carbocycles. The quantitative estimate of drug-likeness (QED) is 0.0354. The number of ether oxygens (including phenoxy) is 4. The lowest BCUT2D eigenvalue weighted by molar-refractivity contribution is -0.612. The van der Waals surface area contributed by atoms with Crippen LogP contribution in [0.4, 0.5) is 0 Å². The number of hydrogen-bond acceptors (Lipinski definition) is 10. The van der Waals surface area contributed by atoms with Crippen LogP contribution in [-0.4, -0.2) is 56.4 Å². The van der Waals surface area contributed by atoms with E-state index in [2.05, 4.69) is 50.6 Å². The van der Waals surface area contributed by atoms with Gasteiger partial charge < -0.3 is 33.2 Å². The lowest BCUT2D eigenvalue weighted by Gasteiger charge is -2.39. The second kappa shape index (κ2) is 17.6. The summed E-state index contributed by atoms with van der Waals surface area (Å²) in [4.78, 5) is 0. The largest absolute Gasteiger partial charge is 0.618 e. The number of aromatic nitrogens is 1. The van der Waals surface area contributed by atoms with Gasteiger partial charge in [0.2, 0.25) is 0 Å². The summed E-state index contributed by atoms with van der Waals surface area (Å²) in [6.45, 7) is 8.78. The average molecular weight is 720 g/mol. The van der Waals surface area contributed by atoms with Crippen molar-refractivity contribution in [2.75, 3.05) is 27.4 Å². The Morgan fingerprint density at radius 2 is 1.52 bits per heavy atom. The normalized spacial score (nSPS) is 18.4. The fraction of sp³-hybridized carbons (Fsp3) is 0.421. The summed E-state index contributed by atoms with van der Waals surface area (Å²) in [5.41, 5.74) is 1.64. The van der Waals surface area contributed by atoms with Gasteiger partial charge in [-0.1, -0.05) is 65.9 Å². The Morgan fingerprint density at radius 1 is 0.940 bits per heavy atom. The van der Waals surface area contributed by atoms with Crippen molar-refractivity contribution in [1.29, 1.82) is 5.26 Å². The molecule has 1 unspecified atom stereocenters. The minimum absolute atomic E-state index is 0.119. The third kappa shape index (κ3) is 8.47. The van der Waals surface area contributed by atoms with Gasteiger partial charge in [-0.05, 0) is 68.7 Å². The maximum Gasteiger partial charge on any atom is 0.277 e. The van der Waals surface area contributed by atoms with Crippen molar-refractivity contribution in [2.45, 2.75) is 76.5 Å². The van der Waals surface area contributed by atoms with Crippen molar-refractivity contribution in [2.24, 2.45) is 0 Å². The fourth-order valence-corrected chi connectivity index (χ4v) is 8.86. The van der Waals surface area contributed by atoms with E-state index in [1.54, 1.807) is 19.6 Å². The molecule has 2 heterocycles. The van der Waals surface area contributed by atoms with E-state index in [9.17, 15) is 10.5 Å². The van der Waals surface area contributed by atoms with E-state index in [1.807, 2.05) is 66.7 Å². The topological polar surface area (TPSA) is 109 Å². The van der Waals surface area contributed by atoms with Crippen molar-refractivity contribution in [3.05, 3.63) is 117 Å². The van der Waals surface area contributed by atoms with Crippen LogP contribution in [0.15, 0.2) is 90.4 Å². The SMILES string of the molecule is COc1ccc(C(OC[C@H]2O[C@@H](c3scc[n+]3[O-])C[C@@H]2OP(OCCC#N)N(C(C)C)C(C)C)(c2ccccc2)c2ccc(OC)cc2)cc1. The molecule has 1 aliphatic heterocycles. The van der Waals surface area contributed by atoms with Crippen LogP contribution in [0.3, 0.4) is 0 Å². The minimum atomic E-state index is -1.58. The van der Waals surface area contributed by atoms with Crippen molar-refractivity contribution >= 4 is 19.9 Å². The van der Waals surface area contributed by atoms with Gasteiger partial charge in [-0.25, -0.2) is 4.67 Å². The van der Waals surface area contributed by atoms with Crippen LogP contribution < -0.4 is 14.2 Å². The maximum atomic E-state index is 12.8. The van der Waals surface area contributed by atoms with E-state index in [-0.39, 0.29) is 31.7 Å². The summed E-state index contributed by atoms with van der Waals surface area (Å²) in [5.74, 6) is 1.46.